The second-order valence-corrected chi connectivity index (χ2v) is 6.58. The van der Waals surface area contributed by atoms with Crippen LogP contribution >= 0.6 is 11.6 Å². The van der Waals surface area contributed by atoms with Gasteiger partial charge in [-0.2, -0.15) is 0 Å². The molecular formula is C15H24ClNO2. The first kappa shape index (κ1) is 16.4. The van der Waals surface area contributed by atoms with Crippen LogP contribution < -0.4 is 5.32 Å². The van der Waals surface area contributed by atoms with E-state index in [2.05, 4.69) is 26.1 Å². The fraction of sp³-hybridized carbons (Fsp3) is 0.600. The van der Waals surface area contributed by atoms with Crippen molar-refractivity contribution in [2.45, 2.75) is 39.4 Å². The Morgan fingerprint density at radius 1 is 1.11 bits per heavy atom. The van der Waals surface area contributed by atoms with Crippen molar-refractivity contribution in [3.05, 3.63) is 34.9 Å². The Labute approximate surface area is 120 Å². The summed E-state index contributed by atoms with van der Waals surface area (Å²) in [5.41, 5.74) is 0.929. The van der Waals surface area contributed by atoms with Gasteiger partial charge in [0.2, 0.25) is 0 Å². The molecule has 0 saturated heterocycles. The maximum atomic E-state index is 9.97. The predicted octanol–water partition coefficient (Wildman–Crippen LogP) is 2.76. The van der Waals surface area contributed by atoms with E-state index >= 15 is 0 Å². The van der Waals surface area contributed by atoms with Crippen molar-refractivity contribution < 1.29 is 10.2 Å². The molecule has 2 atom stereocenters. The smallest absolute Gasteiger partial charge is 0.0914 e. The monoisotopic (exact) mass is 285 g/mol. The maximum Gasteiger partial charge on any atom is 0.0914 e. The normalized spacial score (nSPS) is 15.3. The standard InChI is InChI=1S/C15H24ClNO2/c1-15(2,3)8-13(18)9-17-10-14(19)11-4-6-12(16)7-5-11/h4-7,13-14,17-19H,8-10H2,1-3H3. The summed E-state index contributed by atoms with van der Waals surface area (Å²) in [4.78, 5) is 0. The van der Waals surface area contributed by atoms with E-state index in [9.17, 15) is 10.2 Å². The fourth-order valence-electron chi connectivity index (χ4n) is 1.97. The van der Waals surface area contributed by atoms with E-state index in [0.29, 0.717) is 18.1 Å². The highest BCUT2D eigenvalue weighted by Crippen LogP contribution is 2.20. The van der Waals surface area contributed by atoms with Crippen LogP contribution in [0.25, 0.3) is 0 Å². The second-order valence-electron chi connectivity index (χ2n) is 6.14. The quantitative estimate of drug-likeness (QED) is 0.753. The van der Waals surface area contributed by atoms with Gasteiger partial charge in [-0.05, 0) is 29.5 Å². The minimum Gasteiger partial charge on any atom is -0.392 e. The molecule has 1 rings (SSSR count). The van der Waals surface area contributed by atoms with E-state index in [0.717, 1.165) is 12.0 Å². The molecule has 0 fully saturated rings. The van der Waals surface area contributed by atoms with Gasteiger partial charge in [-0.15, -0.1) is 0 Å². The molecule has 0 saturated carbocycles. The largest absolute Gasteiger partial charge is 0.392 e. The molecule has 3 nitrogen and oxygen atoms in total. The van der Waals surface area contributed by atoms with Gasteiger partial charge in [0.15, 0.2) is 0 Å². The molecule has 0 heterocycles. The number of rotatable bonds is 6. The van der Waals surface area contributed by atoms with Crippen LogP contribution in [-0.4, -0.2) is 29.4 Å². The Morgan fingerprint density at radius 2 is 1.68 bits per heavy atom. The van der Waals surface area contributed by atoms with Crippen molar-refractivity contribution in [3.63, 3.8) is 0 Å². The zero-order chi connectivity index (χ0) is 14.5. The number of halogens is 1. The molecule has 19 heavy (non-hydrogen) atoms. The van der Waals surface area contributed by atoms with E-state index in [1.165, 1.54) is 0 Å². The van der Waals surface area contributed by atoms with E-state index in [1.54, 1.807) is 24.3 Å². The van der Waals surface area contributed by atoms with Crippen LogP contribution in [0.4, 0.5) is 0 Å². The van der Waals surface area contributed by atoms with E-state index in [1.807, 2.05) is 0 Å². The van der Waals surface area contributed by atoms with Crippen LogP contribution in [0.2, 0.25) is 5.02 Å². The van der Waals surface area contributed by atoms with Crippen LogP contribution in [0, 0.1) is 5.41 Å². The maximum absolute atomic E-state index is 9.97. The molecule has 0 bridgehead atoms. The van der Waals surface area contributed by atoms with Gasteiger partial charge >= 0.3 is 0 Å². The third kappa shape index (κ3) is 6.92. The summed E-state index contributed by atoms with van der Waals surface area (Å²) in [6.45, 7) is 7.20. The Kier molecular flexibility index (Phi) is 6.27. The van der Waals surface area contributed by atoms with Crippen LogP contribution in [0.15, 0.2) is 24.3 Å². The van der Waals surface area contributed by atoms with Gasteiger partial charge in [0.05, 0.1) is 12.2 Å². The Hall–Kier alpha value is -0.610. The van der Waals surface area contributed by atoms with Crippen molar-refractivity contribution in [2.75, 3.05) is 13.1 Å². The first-order valence-corrected chi connectivity index (χ1v) is 6.98. The van der Waals surface area contributed by atoms with Crippen LogP contribution in [0.3, 0.4) is 0 Å². The number of hydrogen-bond donors (Lipinski definition) is 3. The molecule has 108 valence electrons. The summed E-state index contributed by atoms with van der Waals surface area (Å²) in [5.74, 6) is 0. The molecule has 0 aliphatic rings. The zero-order valence-electron chi connectivity index (χ0n) is 11.9. The van der Waals surface area contributed by atoms with Crippen molar-refractivity contribution in [1.29, 1.82) is 0 Å². The second kappa shape index (κ2) is 7.25. The fourth-order valence-corrected chi connectivity index (χ4v) is 2.09. The first-order valence-electron chi connectivity index (χ1n) is 6.60. The minimum absolute atomic E-state index is 0.107. The number of hydrogen-bond acceptors (Lipinski definition) is 3. The van der Waals surface area contributed by atoms with E-state index < -0.39 is 12.2 Å². The van der Waals surface area contributed by atoms with Gasteiger partial charge < -0.3 is 15.5 Å². The molecule has 3 N–H and O–H groups in total. The average Bonchev–Trinajstić information content (AvgIpc) is 2.27. The number of nitrogens with one attached hydrogen (secondary N) is 1. The highest BCUT2D eigenvalue weighted by Gasteiger charge is 2.16. The number of aliphatic hydroxyl groups is 2. The topological polar surface area (TPSA) is 52.5 Å². The SMILES string of the molecule is CC(C)(C)CC(O)CNCC(O)c1ccc(Cl)cc1. The van der Waals surface area contributed by atoms with Gasteiger partial charge in [-0.1, -0.05) is 44.5 Å². The lowest BCUT2D eigenvalue weighted by Gasteiger charge is -2.23. The molecule has 1 aromatic rings. The molecule has 0 aromatic heterocycles. The average molecular weight is 286 g/mol. The summed E-state index contributed by atoms with van der Waals surface area (Å²) in [5, 5.41) is 23.6. The molecular weight excluding hydrogens is 262 g/mol. The molecule has 0 aliphatic heterocycles. The minimum atomic E-state index is -0.584. The van der Waals surface area contributed by atoms with Gasteiger partial charge in [-0.3, -0.25) is 0 Å². The Balaban J connectivity index is 2.31. The Bertz CT molecular complexity index is 373. The third-order valence-corrected chi connectivity index (χ3v) is 3.07. The van der Waals surface area contributed by atoms with Gasteiger partial charge in [0.1, 0.15) is 0 Å². The lowest BCUT2D eigenvalue weighted by Crippen LogP contribution is -2.32. The van der Waals surface area contributed by atoms with Crippen molar-refractivity contribution >= 4 is 11.6 Å². The molecule has 0 aliphatic carbocycles. The summed E-state index contributed by atoms with van der Waals surface area (Å²) in [6.07, 6.45) is -0.242. The van der Waals surface area contributed by atoms with Gasteiger partial charge in [0, 0.05) is 18.1 Å². The van der Waals surface area contributed by atoms with Gasteiger partial charge in [0.25, 0.3) is 0 Å². The summed E-state index contributed by atoms with van der Waals surface area (Å²) >= 11 is 5.79. The summed E-state index contributed by atoms with van der Waals surface area (Å²) in [6, 6.07) is 7.13. The van der Waals surface area contributed by atoms with E-state index in [4.69, 9.17) is 11.6 Å². The van der Waals surface area contributed by atoms with Crippen LogP contribution in [0.1, 0.15) is 38.9 Å². The zero-order valence-corrected chi connectivity index (χ0v) is 12.6. The van der Waals surface area contributed by atoms with Crippen LogP contribution in [0.5, 0.6) is 0 Å². The lowest BCUT2D eigenvalue weighted by molar-refractivity contribution is 0.111. The van der Waals surface area contributed by atoms with E-state index in [-0.39, 0.29) is 5.41 Å². The molecule has 1 aromatic carbocycles. The molecule has 0 spiro atoms. The van der Waals surface area contributed by atoms with Gasteiger partial charge in [-0.25, -0.2) is 0 Å². The highest BCUT2D eigenvalue weighted by molar-refractivity contribution is 6.30. The van der Waals surface area contributed by atoms with Crippen molar-refractivity contribution in [3.8, 4) is 0 Å². The Morgan fingerprint density at radius 3 is 2.21 bits per heavy atom. The van der Waals surface area contributed by atoms with Crippen molar-refractivity contribution in [1.82, 2.24) is 5.32 Å². The van der Waals surface area contributed by atoms with Crippen molar-refractivity contribution in [2.24, 2.45) is 5.41 Å². The summed E-state index contributed by atoms with van der Waals surface area (Å²) in [7, 11) is 0. The molecule has 0 radical (unpaired) electrons. The predicted molar refractivity (Wildman–Crippen MR) is 79.4 cm³/mol. The molecule has 0 amide bonds. The molecule has 4 heteroatoms. The first-order chi connectivity index (χ1) is 8.78. The molecule has 2 unspecified atom stereocenters. The number of benzene rings is 1. The highest BCUT2D eigenvalue weighted by atomic mass is 35.5. The number of aliphatic hydroxyl groups excluding tert-OH is 2. The van der Waals surface area contributed by atoms with Crippen LogP contribution in [-0.2, 0) is 0 Å². The third-order valence-electron chi connectivity index (χ3n) is 2.82. The lowest BCUT2D eigenvalue weighted by atomic mass is 9.89. The summed E-state index contributed by atoms with van der Waals surface area (Å²) < 4.78 is 0.